The molecule has 0 saturated heterocycles. The fraction of sp³-hybridized carbons (Fsp3) is 0.724. The van der Waals surface area contributed by atoms with Gasteiger partial charge in [-0.3, -0.25) is 14.4 Å². The van der Waals surface area contributed by atoms with Gasteiger partial charge in [0.2, 0.25) is 0 Å². The summed E-state index contributed by atoms with van der Waals surface area (Å²) in [7, 11) is 0. The zero-order chi connectivity index (χ0) is 59.2. The molecule has 82 heavy (non-hydrogen) atoms. The average molecular weight is 1140 g/mol. The Kier molecular flexibility index (Phi) is 66.2. The standard InChI is InChI=1S/C76H130O6/c1-4-7-10-13-16-19-22-25-28-30-32-34-36-37-38-39-41-42-44-46-48-51-54-57-60-63-66-69-75(78)81-72-73(71-80-74(77)68-65-62-59-56-53-50-27-24-21-18-15-12-9-6-3)82-76(79)70-67-64-61-58-55-52-49-47-45-43-40-35-33-31-29-26-23-20-17-14-11-8-5-2/h7,10,16,19,23,25-26,28,31-34,37-38,40-43,73H,4-6,8-9,11-15,17-18,20-22,24,27,29-30,35-36,39,44-72H2,1-3H3/b10-7-,19-16-,26-23-,28-25-,33-31-,34-32-,38-37-,42-41-,43-40-. The summed E-state index contributed by atoms with van der Waals surface area (Å²) in [4.78, 5) is 38.4. The van der Waals surface area contributed by atoms with Gasteiger partial charge < -0.3 is 14.2 Å². The van der Waals surface area contributed by atoms with Crippen molar-refractivity contribution in [2.75, 3.05) is 13.2 Å². The minimum Gasteiger partial charge on any atom is -0.462 e. The second kappa shape index (κ2) is 69.6. The molecular weight excluding hydrogens is 1010 g/mol. The van der Waals surface area contributed by atoms with Crippen LogP contribution in [-0.2, 0) is 28.6 Å². The third-order valence-corrected chi connectivity index (χ3v) is 15.0. The van der Waals surface area contributed by atoms with Crippen LogP contribution in [0.3, 0.4) is 0 Å². The number of esters is 3. The highest BCUT2D eigenvalue weighted by Gasteiger charge is 2.19. The molecule has 6 nitrogen and oxygen atoms in total. The van der Waals surface area contributed by atoms with E-state index in [1.54, 1.807) is 0 Å². The first-order valence-corrected chi connectivity index (χ1v) is 34.9. The molecule has 0 amide bonds. The van der Waals surface area contributed by atoms with Crippen molar-refractivity contribution in [3.05, 3.63) is 109 Å². The fourth-order valence-electron chi connectivity index (χ4n) is 9.81. The lowest BCUT2D eigenvalue weighted by atomic mass is 10.0. The predicted octanol–water partition coefficient (Wildman–Crippen LogP) is 24.2. The Morgan fingerprint density at radius 3 is 0.744 bits per heavy atom. The Hall–Kier alpha value is -3.93. The summed E-state index contributed by atoms with van der Waals surface area (Å²) in [6.45, 7) is 6.54. The maximum Gasteiger partial charge on any atom is 0.306 e. The lowest BCUT2D eigenvalue weighted by Crippen LogP contribution is -2.30. The van der Waals surface area contributed by atoms with Crippen LogP contribution in [0.2, 0.25) is 0 Å². The first kappa shape index (κ1) is 78.1. The van der Waals surface area contributed by atoms with Crippen LogP contribution in [0.1, 0.15) is 335 Å². The second-order valence-electron chi connectivity index (χ2n) is 23.1. The second-order valence-corrected chi connectivity index (χ2v) is 23.1. The van der Waals surface area contributed by atoms with Crippen LogP contribution in [-0.4, -0.2) is 37.2 Å². The van der Waals surface area contributed by atoms with Crippen LogP contribution in [0.5, 0.6) is 0 Å². The summed E-state index contributed by atoms with van der Waals surface area (Å²) in [6, 6.07) is 0. The molecule has 0 aliphatic heterocycles. The van der Waals surface area contributed by atoms with E-state index in [1.807, 2.05) is 0 Å². The van der Waals surface area contributed by atoms with Crippen molar-refractivity contribution >= 4 is 17.9 Å². The zero-order valence-corrected chi connectivity index (χ0v) is 54.0. The van der Waals surface area contributed by atoms with Gasteiger partial charge in [-0.1, -0.05) is 316 Å². The third-order valence-electron chi connectivity index (χ3n) is 15.0. The number of carbonyl (C=O) groups excluding carboxylic acids is 3. The van der Waals surface area contributed by atoms with Gasteiger partial charge in [-0.25, -0.2) is 0 Å². The van der Waals surface area contributed by atoms with Crippen molar-refractivity contribution in [1.29, 1.82) is 0 Å². The summed E-state index contributed by atoms with van der Waals surface area (Å²) in [5, 5.41) is 0. The van der Waals surface area contributed by atoms with Crippen molar-refractivity contribution in [1.82, 2.24) is 0 Å². The van der Waals surface area contributed by atoms with Crippen molar-refractivity contribution in [2.24, 2.45) is 0 Å². The molecule has 1 atom stereocenters. The summed E-state index contributed by atoms with van der Waals surface area (Å²) >= 11 is 0. The number of hydrogen-bond acceptors (Lipinski definition) is 6. The number of carbonyl (C=O) groups is 3. The van der Waals surface area contributed by atoms with E-state index in [-0.39, 0.29) is 31.1 Å². The van der Waals surface area contributed by atoms with Gasteiger partial charge in [0.1, 0.15) is 13.2 Å². The Labute approximate surface area is 508 Å². The van der Waals surface area contributed by atoms with E-state index in [1.165, 1.54) is 173 Å². The zero-order valence-electron chi connectivity index (χ0n) is 54.0. The molecule has 0 aromatic rings. The average Bonchev–Trinajstić information content (AvgIpc) is 3.48. The van der Waals surface area contributed by atoms with E-state index in [0.29, 0.717) is 19.3 Å². The van der Waals surface area contributed by atoms with Gasteiger partial charge in [0, 0.05) is 19.3 Å². The van der Waals surface area contributed by atoms with Crippen LogP contribution in [0.15, 0.2) is 109 Å². The van der Waals surface area contributed by atoms with E-state index in [0.717, 1.165) is 122 Å². The van der Waals surface area contributed by atoms with Gasteiger partial charge in [0.15, 0.2) is 6.10 Å². The van der Waals surface area contributed by atoms with Gasteiger partial charge in [0.25, 0.3) is 0 Å². The Morgan fingerprint density at radius 1 is 0.256 bits per heavy atom. The number of ether oxygens (including phenoxy) is 3. The van der Waals surface area contributed by atoms with E-state index in [9.17, 15) is 14.4 Å². The number of allylic oxidation sites excluding steroid dienone is 18. The normalized spacial score (nSPS) is 12.8. The van der Waals surface area contributed by atoms with Crippen LogP contribution in [0, 0.1) is 0 Å². The van der Waals surface area contributed by atoms with E-state index in [4.69, 9.17) is 14.2 Å². The lowest BCUT2D eigenvalue weighted by Gasteiger charge is -2.18. The van der Waals surface area contributed by atoms with Crippen LogP contribution < -0.4 is 0 Å². The Morgan fingerprint density at radius 2 is 0.476 bits per heavy atom. The lowest BCUT2D eigenvalue weighted by molar-refractivity contribution is -0.167. The smallest absolute Gasteiger partial charge is 0.306 e. The number of hydrogen-bond donors (Lipinski definition) is 0. The molecule has 0 N–H and O–H groups in total. The van der Waals surface area contributed by atoms with Gasteiger partial charge in [-0.05, 0) is 109 Å². The van der Waals surface area contributed by atoms with Gasteiger partial charge in [-0.15, -0.1) is 0 Å². The molecule has 0 rings (SSSR count). The molecule has 0 aromatic carbocycles. The molecule has 0 saturated carbocycles. The highest BCUT2D eigenvalue weighted by Crippen LogP contribution is 2.17. The topological polar surface area (TPSA) is 78.9 Å². The van der Waals surface area contributed by atoms with Gasteiger partial charge in [-0.2, -0.15) is 0 Å². The third kappa shape index (κ3) is 66.9. The molecule has 0 bridgehead atoms. The van der Waals surface area contributed by atoms with Crippen molar-refractivity contribution in [3.63, 3.8) is 0 Å². The highest BCUT2D eigenvalue weighted by molar-refractivity contribution is 5.71. The molecule has 0 spiro atoms. The maximum atomic E-state index is 13.0. The van der Waals surface area contributed by atoms with E-state index < -0.39 is 6.10 Å². The van der Waals surface area contributed by atoms with Gasteiger partial charge >= 0.3 is 17.9 Å². The Bertz CT molecular complexity index is 1640. The molecule has 0 aromatic heterocycles. The molecule has 0 heterocycles. The summed E-state index contributed by atoms with van der Waals surface area (Å²) in [6.07, 6.45) is 95.3. The number of unbranched alkanes of at least 4 members (excludes halogenated alkanes) is 34. The first-order chi connectivity index (χ1) is 40.5. The predicted molar refractivity (Wildman–Crippen MR) is 357 cm³/mol. The molecule has 470 valence electrons. The van der Waals surface area contributed by atoms with E-state index in [2.05, 4.69) is 130 Å². The molecular formula is C76H130O6. The van der Waals surface area contributed by atoms with Crippen molar-refractivity contribution in [2.45, 2.75) is 341 Å². The Balaban J connectivity index is 4.36. The largest absolute Gasteiger partial charge is 0.462 e. The fourth-order valence-corrected chi connectivity index (χ4v) is 9.81. The summed E-state index contributed by atoms with van der Waals surface area (Å²) in [5.74, 6) is -0.884. The highest BCUT2D eigenvalue weighted by atomic mass is 16.6. The maximum absolute atomic E-state index is 13.0. The monoisotopic (exact) mass is 1140 g/mol. The molecule has 6 heteroatoms. The van der Waals surface area contributed by atoms with Crippen molar-refractivity contribution in [3.8, 4) is 0 Å². The molecule has 0 radical (unpaired) electrons. The molecule has 0 fully saturated rings. The van der Waals surface area contributed by atoms with Crippen LogP contribution >= 0.6 is 0 Å². The van der Waals surface area contributed by atoms with Gasteiger partial charge in [0.05, 0.1) is 0 Å². The van der Waals surface area contributed by atoms with Crippen LogP contribution in [0.4, 0.5) is 0 Å². The van der Waals surface area contributed by atoms with Crippen LogP contribution in [0.25, 0.3) is 0 Å². The molecule has 0 aliphatic carbocycles. The first-order valence-electron chi connectivity index (χ1n) is 34.9. The van der Waals surface area contributed by atoms with E-state index >= 15 is 0 Å². The number of rotatable bonds is 63. The minimum atomic E-state index is -0.788. The summed E-state index contributed by atoms with van der Waals surface area (Å²) < 4.78 is 17.0. The SMILES string of the molecule is CC/C=C\C/C=C\C/C=C\C/C=C\C/C=C\C/C=C\CCCCCCCCCCC(=O)OCC(COC(=O)CCCCCCCCCCCCCCCC)OC(=O)CCCCCCCCCC/C=C\C/C=C\C/C=C\CCCCCCC. The summed E-state index contributed by atoms with van der Waals surface area (Å²) in [5.41, 5.74) is 0. The molecule has 1 unspecified atom stereocenters. The quantitative estimate of drug-likeness (QED) is 0.0261. The molecule has 0 aliphatic rings. The minimum absolute atomic E-state index is 0.0814. The van der Waals surface area contributed by atoms with Crippen molar-refractivity contribution < 1.29 is 28.6 Å².